The van der Waals surface area contributed by atoms with Gasteiger partial charge in [0.25, 0.3) is 5.91 Å². The number of benzene rings is 2. The summed E-state index contributed by atoms with van der Waals surface area (Å²) in [7, 11) is 0. The van der Waals surface area contributed by atoms with Gasteiger partial charge in [0.1, 0.15) is 5.75 Å². The molecule has 0 radical (unpaired) electrons. The molecular formula is C20H22BrN3O3. The van der Waals surface area contributed by atoms with Crippen molar-refractivity contribution in [2.45, 2.75) is 13.0 Å². The number of rotatable bonds is 3. The van der Waals surface area contributed by atoms with Gasteiger partial charge in [0.05, 0.1) is 6.04 Å². The molecule has 0 bridgehead atoms. The van der Waals surface area contributed by atoms with E-state index < -0.39 is 0 Å². The van der Waals surface area contributed by atoms with Gasteiger partial charge in [-0.15, -0.1) is 0 Å². The zero-order valence-electron chi connectivity index (χ0n) is 15.1. The van der Waals surface area contributed by atoms with Gasteiger partial charge in [-0.25, -0.2) is 4.79 Å². The van der Waals surface area contributed by atoms with E-state index in [1.54, 1.807) is 21.9 Å². The van der Waals surface area contributed by atoms with E-state index in [2.05, 4.69) is 21.2 Å². The van der Waals surface area contributed by atoms with Crippen LogP contribution in [-0.4, -0.2) is 53.0 Å². The summed E-state index contributed by atoms with van der Waals surface area (Å²) in [4.78, 5) is 28.5. The fraction of sp³-hybridized carbons (Fsp3) is 0.300. The molecule has 6 nitrogen and oxygen atoms in total. The van der Waals surface area contributed by atoms with E-state index in [1.165, 1.54) is 12.1 Å². The van der Waals surface area contributed by atoms with Crippen molar-refractivity contribution < 1.29 is 14.7 Å². The molecule has 1 aliphatic heterocycles. The molecule has 1 unspecified atom stereocenters. The molecule has 2 aromatic carbocycles. The first kappa shape index (κ1) is 19.2. The van der Waals surface area contributed by atoms with E-state index in [0.717, 1.165) is 10.0 Å². The van der Waals surface area contributed by atoms with Gasteiger partial charge in [-0.05, 0) is 48.9 Å². The Morgan fingerprint density at radius 2 is 1.52 bits per heavy atom. The second kappa shape index (κ2) is 8.43. The largest absolute Gasteiger partial charge is 0.508 e. The van der Waals surface area contributed by atoms with Gasteiger partial charge in [0, 0.05) is 36.2 Å². The number of aromatic hydroxyl groups is 1. The van der Waals surface area contributed by atoms with Crippen molar-refractivity contribution in [1.82, 2.24) is 15.1 Å². The molecule has 7 heteroatoms. The maximum absolute atomic E-state index is 12.5. The fourth-order valence-electron chi connectivity index (χ4n) is 3.01. The van der Waals surface area contributed by atoms with Crippen LogP contribution in [0.4, 0.5) is 4.79 Å². The van der Waals surface area contributed by atoms with E-state index >= 15 is 0 Å². The molecule has 1 heterocycles. The summed E-state index contributed by atoms with van der Waals surface area (Å²) in [5.74, 6) is 0.0474. The van der Waals surface area contributed by atoms with Crippen molar-refractivity contribution in [3.8, 4) is 5.75 Å². The first-order valence-electron chi connectivity index (χ1n) is 8.83. The average Bonchev–Trinajstić information content (AvgIpc) is 2.68. The Balaban J connectivity index is 1.52. The Bertz CT molecular complexity index is 800. The Hall–Kier alpha value is -2.54. The Morgan fingerprint density at radius 1 is 0.963 bits per heavy atom. The van der Waals surface area contributed by atoms with E-state index in [9.17, 15) is 14.7 Å². The molecule has 27 heavy (non-hydrogen) atoms. The van der Waals surface area contributed by atoms with Crippen molar-refractivity contribution >= 4 is 27.9 Å². The molecule has 0 aliphatic carbocycles. The second-order valence-electron chi connectivity index (χ2n) is 6.55. The van der Waals surface area contributed by atoms with Gasteiger partial charge in [0.2, 0.25) is 0 Å². The van der Waals surface area contributed by atoms with E-state index in [1.807, 2.05) is 31.2 Å². The number of amides is 3. The lowest BCUT2D eigenvalue weighted by Crippen LogP contribution is -2.53. The highest BCUT2D eigenvalue weighted by Gasteiger charge is 2.25. The lowest BCUT2D eigenvalue weighted by atomic mass is 10.1. The predicted octanol–water partition coefficient (Wildman–Crippen LogP) is 3.38. The summed E-state index contributed by atoms with van der Waals surface area (Å²) < 4.78 is 0.999. The van der Waals surface area contributed by atoms with Gasteiger partial charge in [-0.1, -0.05) is 28.1 Å². The van der Waals surface area contributed by atoms with Gasteiger partial charge in [-0.2, -0.15) is 0 Å². The highest BCUT2D eigenvalue weighted by Crippen LogP contribution is 2.17. The van der Waals surface area contributed by atoms with Crippen LogP contribution >= 0.6 is 15.9 Å². The SMILES string of the molecule is CC(NC(=O)N1CCN(C(=O)c2ccc(O)cc2)CC1)c1ccc(Br)cc1. The van der Waals surface area contributed by atoms with Crippen molar-refractivity contribution in [2.75, 3.05) is 26.2 Å². The summed E-state index contributed by atoms with van der Waals surface area (Å²) >= 11 is 3.41. The third kappa shape index (κ3) is 4.80. The summed E-state index contributed by atoms with van der Waals surface area (Å²) in [6.45, 7) is 3.90. The molecule has 0 spiro atoms. The van der Waals surface area contributed by atoms with Crippen LogP contribution in [0.3, 0.4) is 0 Å². The van der Waals surface area contributed by atoms with Crippen LogP contribution in [0.1, 0.15) is 28.9 Å². The van der Waals surface area contributed by atoms with E-state index in [4.69, 9.17) is 0 Å². The molecule has 1 aliphatic rings. The number of halogens is 1. The Morgan fingerprint density at radius 3 is 2.11 bits per heavy atom. The third-order valence-electron chi connectivity index (χ3n) is 4.68. The highest BCUT2D eigenvalue weighted by molar-refractivity contribution is 9.10. The van der Waals surface area contributed by atoms with Crippen molar-refractivity contribution in [3.05, 3.63) is 64.1 Å². The molecule has 0 saturated carbocycles. The standard InChI is InChI=1S/C20H22BrN3O3/c1-14(15-2-6-17(21)7-3-15)22-20(27)24-12-10-23(11-13-24)19(26)16-4-8-18(25)9-5-16/h2-9,14,25H,10-13H2,1H3,(H,22,27). The summed E-state index contributed by atoms with van der Waals surface area (Å²) in [6, 6.07) is 13.8. The first-order chi connectivity index (χ1) is 12.9. The highest BCUT2D eigenvalue weighted by atomic mass is 79.9. The van der Waals surface area contributed by atoms with Crippen LogP contribution in [-0.2, 0) is 0 Å². The molecule has 142 valence electrons. The predicted molar refractivity (Wildman–Crippen MR) is 107 cm³/mol. The topological polar surface area (TPSA) is 72.9 Å². The molecule has 0 aromatic heterocycles. The molecule has 3 rings (SSSR count). The zero-order valence-corrected chi connectivity index (χ0v) is 16.6. The van der Waals surface area contributed by atoms with Crippen LogP contribution < -0.4 is 5.32 Å². The molecule has 3 amide bonds. The van der Waals surface area contributed by atoms with Crippen molar-refractivity contribution in [3.63, 3.8) is 0 Å². The van der Waals surface area contributed by atoms with Crippen molar-refractivity contribution in [2.24, 2.45) is 0 Å². The Kier molecular flexibility index (Phi) is 6.01. The Labute approximate surface area is 166 Å². The number of hydrogen-bond acceptors (Lipinski definition) is 3. The molecule has 2 aromatic rings. The van der Waals surface area contributed by atoms with Crippen LogP contribution in [0.2, 0.25) is 0 Å². The van der Waals surface area contributed by atoms with E-state index in [0.29, 0.717) is 31.7 Å². The van der Waals surface area contributed by atoms with Gasteiger partial charge in [0.15, 0.2) is 0 Å². The fourth-order valence-corrected chi connectivity index (χ4v) is 3.27. The van der Waals surface area contributed by atoms with E-state index in [-0.39, 0.29) is 23.7 Å². The smallest absolute Gasteiger partial charge is 0.317 e. The number of carbonyl (C=O) groups excluding carboxylic acids is 2. The molecule has 1 atom stereocenters. The number of carbonyl (C=O) groups is 2. The minimum atomic E-state index is -0.123. The lowest BCUT2D eigenvalue weighted by molar-refractivity contribution is 0.0663. The van der Waals surface area contributed by atoms with Crippen LogP contribution in [0.15, 0.2) is 53.0 Å². The van der Waals surface area contributed by atoms with Crippen molar-refractivity contribution in [1.29, 1.82) is 0 Å². The van der Waals surface area contributed by atoms with Crippen LogP contribution in [0.25, 0.3) is 0 Å². The molecule has 1 fully saturated rings. The average molecular weight is 432 g/mol. The summed E-state index contributed by atoms with van der Waals surface area (Å²) in [6.07, 6.45) is 0. The quantitative estimate of drug-likeness (QED) is 0.781. The van der Waals surface area contributed by atoms with Gasteiger partial charge < -0.3 is 20.2 Å². The first-order valence-corrected chi connectivity index (χ1v) is 9.62. The molecule has 1 saturated heterocycles. The minimum Gasteiger partial charge on any atom is -0.508 e. The lowest BCUT2D eigenvalue weighted by Gasteiger charge is -2.35. The maximum Gasteiger partial charge on any atom is 0.317 e. The number of urea groups is 1. The molecular weight excluding hydrogens is 410 g/mol. The summed E-state index contributed by atoms with van der Waals surface area (Å²) in [5, 5.41) is 12.3. The summed E-state index contributed by atoms with van der Waals surface area (Å²) in [5.41, 5.74) is 1.57. The van der Waals surface area contributed by atoms with Gasteiger partial charge in [-0.3, -0.25) is 4.79 Å². The maximum atomic E-state index is 12.5. The minimum absolute atomic E-state index is 0.0849. The second-order valence-corrected chi connectivity index (χ2v) is 7.46. The third-order valence-corrected chi connectivity index (χ3v) is 5.21. The number of hydrogen-bond donors (Lipinski definition) is 2. The number of nitrogens with one attached hydrogen (secondary N) is 1. The monoisotopic (exact) mass is 431 g/mol. The zero-order chi connectivity index (χ0) is 19.4. The number of nitrogens with zero attached hydrogens (tertiary/aromatic N) is 2. The van der Waals surface area contributed by atoms with Crippen LogP contribution in [0, 0.1) is 0 Å². The number of phenolic OH excluding ortho intramolecular Hbond substituents is 1. The number of piperazine rings is 1. The van der Waals surface area contributed by atoms with Crippen LogP contribution in [0.5, 0.6) is 5.75 Å². The number of phenols is 1. The van der Waals surface area contributed by atoms with Gasteiger partial charge >= 0.3 is 6.03 Å². The molecule has 2 N–H and O–H groups in total. The normalized spacial score (nSPS) is 15.3.